The summed E-state index contributed by atoms with van der Waals surface area (Å²) in [6.45, 7) is 11.2. The third-order valence-electron chi connectivity index (χ3n) is 3.04. The number of ether oxygens (including phenoxy) is 1. The zero-order chi connectivity index (χ0) is 14.9. The van der Waals surface area contributed by atoms with Crippen molar-refractivity contribution in [3.05, 3.63) is 5.89 Å². The Balaban J connectivity index is 1.97. The molecule has 1 amide bonds. The molecule has 0 spiro atoms. The van der Waals surface area contributed by atoms with Crippen molar-refractivity contribution in [2.45, 2.75) is 46.3 Å². The maximum Gasteiger partial charge on any atom is 0.410 e. The number of rotatable bonds is 1. The van der Waals surface area contributed by atoms with Crippen LogP contribution in [-0.2, 0) is 4.74 Å². The number of aromatic nitrogens is 2. The molecule has 1 atom stereocenters. The van der Waals surface area contributed by atoms with Crippen LogP contribution in [0.3, 0.4) is 0 Å². The standard InChI is InChI=1S/C13H22N4O3/c1-9-8-16(11-15-14-10(2)19-11)6-7-17(9)12(18)20-13(3,4)5/h9H,6-8H2,1-5H3/t9-/m0/s1. The van der Waals surface area contributed by atoms with Crippen molar-refractivity contribution in [3.8, 4) is 0 Å². The van der Waals surface area contributed by atoms with E-state index in [9.17, 15) is 4.79 Å². The van der Waals surface area contributed by atoms with Gasteiger partial charge in [-0.25, -0.2) is 4.79 Å². The molecule has 1 aromatic rings. The van der Waals surface area contributed by atoms with Crippen LogP contribution in [0.5, 0.6) is 0 Å². The second-order valence-corrected chi connectivity index (χ2v) is 6.07. The topological polar surface area (TPSA) is 71.7 Å². The molecule has 0 aliphatic carbocycles. The quantitative estimate of drug-likeness (QED) is 0.782. The van der Waals surface area contributed by atoms with Gasteiger partial charge in [-0.1, -0.05) is 5.10 Å². The van der Waals surface area contributed by atoms with Gasteiger partial charge in [0.05, 0.1) is 0 Å². The van der Waals surface area contributed by atoms with E-state index < -0.39 is 5.60 Å². The number of hydrogen-bond donors (Lipinski definition) is 0. The van der Waals surface area contributed by atoms with Crippen molar-refractivity contribution >= 4 is 12.1 Å². The lowest BCUT2D eigenvalue weighted by atomic mass is 10.2. The fourth-order valence-electron chi connectivity index (χ4n) is 2.14. The van der Waals surface area contributed by atoms with Gasteiger partial charge >= 0.3 is 12.1 Å². The number of carbonyl (C=O) groups is 1. The first kappa shape index (κ1) is 14.6. The summed E-state index contributed by atoms with van der Waals surface area (Å²) in [7, 11) is 0. The Labute approximate surface area is 118 Å². The summed E-state index contributed by atoms with van der Waals surface area (Å²) in [5.74, 6) is 0.544. The summed E-state index contributed by atoms with van der Waals surface area (Å²) in [5, 5.41) is 7.83. The smallest absolute Gasteiger partial charge is 0.410 e. The number of piperazine rings is 1. The molecule has 0 radical (unpaired) electrons. The lowest BCUT2D eigenvalue weighted by molar-refractivity contribution is 0.0156. The summed E-state index contributed by atoms with van der Waals surface area (Å²) in [4.78, 5) is 15.8. The highest BCUT2D eigenvalue weighted by molar-refractivity contribution is 5.69. The molecule has 0 unspecified atom stereocenters. The first-order valence-electron chi connectivity index (χ1n) is 6.81. The zero-order valence-electron chi connectivity index (χ0n) is 12.7. The van der Waals surface area contributed by atoms with Gasteiger partial charge in [-0.3, -0.25) is 0 Å². The molecule has 2 heterocycles. The maximum absolute atomic E-state index is 12.1. The average Bonchev–Trinajstić information content (AvgIpc) is 2.73. The number of nitrogens with zero attached hydrogens (tertiary/aromatic N) is 4. The van der Waals surface area contributed by atoms with Crippen LogP contribution < -0.4 is 4.90 Å². The number of amides is 1. The Morgan fingerprint density at radius 1 is 1.35 bits per heavy atom. The van der Waals surface area contributed by atoms with Gasteiger partial charge in [0.1, 0.15) is 5.60 Å². The fraction of sp³-hybridized carbons (Fsp3) is 0.769. The summed E-state index contributed by atoms with van der Waals surface area (Å²) in [6, 6.07) is 0.545. The van der Waals surface area contributed by atoms with Crippen LogP contribution in [0.4, 0.5) is 10.8 Å². The Morgan fingerprint density at radius 3 is 2.55 bits per heavy atom. The first-order valence-corrected chi connectivity index (χ1v) is 6.81. The van der Waals surface area contributed by atoms with Crippen molar-refractivity contribution in [1.29, 1.82) is 0 Å². The highest BCUT2D eigenvalue weighted by atomic mass is 16.6. The Morgan fingerprint density at radius 2 is 2.05 bits per heavy atom. The predicted octanol–water partition coefficient (Wildman–Crippen LogP) is 1.82. The van der Waals surface area contributed by atoms with Crippen molar-refractivity contribution in [2.75, 3.05) is 24.5 Å². The van der Waals surface area contributed by atoms with Gasteiger partial charge in [-0.2, -0.15) is 0 Å². The summed E-state index contributed by atoms with van der Waals surface area (Å²) in [5.41, 5.74) is -0.475. The third-order valence-corrected chi connectivity index (χ3v) is 3.04. The molecule has 7 nitrogen and oxygen atoms in total. The van der Waals surface area contributed by atoms with E-state index in [1.54, 1.807) is 11.8 Å². The SMILES string of the molecule is Cc1nnc(N2CCN(C(=O)OC(C)(C)C)[C@@H](C)C2)o1. The number of aryl methyl sites for hydroxylation is 1. The zero-order valence-corrected chi connectivity index (χ0v) is 12.7. The van der Waals surface area contributed by atoms with Gasteiger partial charge in [0.15, 0.2) is 0 Å². The molecule has 1 saturated heterocycles. The Bertz CT molecular complexity index is 480. The second kappa shape index (κ2) is 5.30. The summed E-state index contributed by atoms with van der Waals surface area (Å²) in [6.07, 6.45) is -0.272. The Hall–Kier alpha value is -1.79. The molecule has 1 aliphatic rings. The van der Waals surface area contributed by atoms with Gasteiger partial charge in [-0.05, 0) is 27.7 Å². The fourth-order valence-corrected chi connectivity index (χ4v) is 2.14. The number of hydrogen-bond acceptors (Lipinski definition) is 6. The third kappa shape index (κ3) is 3.40. The van der Waals surface area contributed by atoms with Crippen molar-refractivity contribution in [1.82, 2.24) is 15.1 Å². The largest absolute Gasteiger partial charge is 0.444 e. The van der Waals surface area contributed by atoms with Gasteiger partial charge in [0.2, 0.25) is 5.89 Å². The molecule has 0 saturated carbocycles. The van der Waals surface area contributed by atoms with Gasteiger partial charge in [0.25, 0.3) is 0 Å². The van der Waals surface area contributed by atoms with Gasteiger partial charge < -0.3 is 19.0 Å². The molecule has 112 valence electrons. The molecule has 0 N–H and O–H groups in total. The van der Waals surface area contributed by atoms with Crippen LogP contribution in [0, 0.1) is 6.92 Å². The summed E-state index contributed by atoms with van der Waals surface area (Å²) < 4.78 is 10.8. The minimum Gasteiger partial charge on any atom is -0.444 e. The molecule has 20 heavy (non-hydrogen) atoms. The van der Waals surface area contributed by atoms with E-state index in [-0.39, 0.29) is 12.1 Å². The second-order valence-electron chi connectivity index (χ2n) is 6.07. The molecule has 0 aromatic carbocycles. The molecule has 1 aromatic heterocycles. The van der Waals surface area contributed by atoms with Crippen molar-refractivity contribution < 1.29 is 13.9 Å². The van der Waals surface area contributed by atoms with Crippen molar-refractivity contribution in [3.63, 3.8) is 0 Å². The van der Waals surface area contributed by atoms with Crippen LogP contribution in [0.1, 0.15) is 33.6 Å². The minimum atomic E-state index is -0.475. The first-order chi connectivity index (χ1) is 9.26. The number of anilines is 1. The van der Waals surface area contributed by atoms with E-state index in [0.717, 1.165) is 0 Å². The molecular formula is C13H22N4O3. The van der Waals surface area contributed by atoms with Gasteiger partial charge in [-0.15, -0.1) is 5.10 Å². The molecule has 7 heteroatoms. The molecule has 1 fully saturated rings. The van der Waals surface area contributed by atoms with Crippen LogP contribution >= 0.6 is 0 Å². The molecular weight excluding hydrogens is 260 g/mol. The van der Waals surface area contributed by atoms with Crippen LogP contribution in [0.2, 0.25) is 0 Å². The molecule has 0 bridgehead atoms. The highest BCUT2D eigenvalue weighted by Gasteiger charge is 2.32. The minimum absolute atomic E-state index is 0.0332. The normalized spacial score (nSPS) is 20.1. The van der Waals surface area contributed by atoms with E-state index in [1.165, 1.54) is 0 Å². The van der Waals surface area contributed by atoms with Gasteiger partial charge in [0, 0.05) is 32.6 Å². The lowest BCUT2D eigenvalue weighted by Gasteiger charge is -2.39. The Kier molecular flexibility index (Phi) is 3.87. The molecule has 1 aliphatic heterocycles. The van der Waals surface area contributed by atoms with E-state index in [4.69, 9.17) is 9.15 Å². The van der Waals surface area contributed by atoms with E-state index in [0.29, 0.717) is 31.5 Å². The lowest BCUT2D eigenvalue weighted by Crippen LogP contribution is -2.55. The predicted molar refractivity (Wildman–Crippen MR) is 73.7 cm³/mol. The van der Waals surface area contributed by atoms with E-state index in [1.807, 2.05) is 32.6 Å². The van der Waals surface area contributed by atoms with E-state index in [2.05, 4.69) is 10.2 Å². The van der Waals surface area contributed by atoms with Crippen LogP contribution in [0.25, 0.3) is 0 Å². The number of carbonyl (C=O) groups excluding carboxylic acids is 1. The monoisotopic (exact) mass is 282 g/mol. The molecule has 2 rings (SSSR count). The van der Waals surface area contributed by atoms with E-state index >= 15 is 0 Å². The van der Waals surface area contributed by atoms with Crippen LogP contribution in [-0.4, -0.2) is 52.5 Å². The summed E-state index contributed by atoms with van der Waals surface area (Å²) >= 11 is 0. The van der Waals surface area contributed by atoms with Crippen LogP contribution in [0.15, 0.2) is 4.42 Å². The highest BCUT2D eigenvalue weighted by Crippen LogP contribution is 2.19. The average molecular weight is 282 g/mol. The van der Waals surface area contributed by atoms with Crippen molar-refractivity contribution in [2.24, 2.45) is 0 Å². The maximum atomic E-state index is 12.1.